The molecule has 2 heteroatoms. The van der Waals surface area contributed by atoms with Crippen molar-refractivity contribution in [3.05, 3.63) is 60.2 Å². The normalized spacial score (nSPS) is 22.7. The Morgan fingerprint density at radius 2 is 1.92 bits per heavy atom. The van der Waals surface area contributed by atoms with Gasteiger partial charge >= 0.3 is 0 Å². The van der Waals surface area contributed by atoms with Crippen LogP contribution in [-0.4, -0.2) is 31.3 Å². The summed E-state index contributed by atoms with van der Waals surface area (Å²) in [6, 6.07) is 10.7. The fourth-order valence-electron chi connectivity index (χ4n) is 4.05. The minimum Gasteiger partial charge on any atom is -0.306 e. The van der Waals surface area contributed by atoms with Crippen LogP contribution in [0.15, 0.2) is 54.6 Å². The average Bonchev–Trinajstić information content (AvgIpc) is 2.62. The van der Waals surface area contributed by atoms with Crippen molar-refractivity contribution in [3.8, 4) is 0 Å². The lowest BCUT2D eigenvalue weighted by Gasteiger charge is -2.42. The van der Waals surface area contributed by atoms with Crippen molar-refractivity contribution >= 4 is 6.29 Å². The quantitative estimate of drug-likeness (QED) is 0.564. The van der Waals surface area contributed by atoms with Crippen LogP contribution in [0.3, 0.4) is 0 Å². The standard InChI is InChI=1S/C23H33NO/c1-20(2)23(15-8-7-12-22(23)14-19-25)16-9-17-24(3)18-13-21-10-5-4-6-11-21/h4-8,10-12,15,19-20,22H,9,13-14,16-18H2,1-3H3. The van der Waals surface area contributed by atoms with Gasteiger partial charge in [0.2, 0.25) is 0 Å². The smallest absolute Gasteiger partial charge is 0.120 e. The first-order valence-corrected chi connectivity index (χ1v) is 9.60. The van der Waals surface area contributed by atoms with Gasteiger partial charge in [-0.25, -0.2) is 0 Å². The number of benzene rings is 1. The maximum atomic E-state index is 11.1. The van der Waals surface area contributed by atoms with Gasteiger partial charge in [-0.05, 0) is 55.7 Å². The average molecular weight is 340 g/mol. The Morgan fingerprint density at radius 3 is 2.60 bits per heavy atom. The number of rotatable bonds is 10. The first kappa shape index (κ1) is 19.7. The van der Waals surface area contributed by atoms with Crippen LogP contribution in [0.1, 0.15) is 38.7 Å². The molecule has 2 nitrogen and oxygen atoms in total. The molecule has 1 aliphatic rings. The summed E-state index contributed by atoms with van der Waals surface area (Å²) >= 11 is 0. The third-order valence-electron chi connectivity index (χ3n) is 5.75. The molecule has 1 aromatic rings. The molecule has 25 heavy (non-hydrogen) atoms. The van der Waals surface area contributed by atoms with Gasteiger partial charge in [0.05, 0.1) is 0 Å². The van der Waals surface area contributed by atoms with Gasteiger partial charge in [0.15, 0.2) is 0 Å². The summed E-state index contributed by atoms with van der Waals surface area (Å²) in [5.74, 6) is 0.873. The van der Waals surface area contributed by atoms with E-state index >= 15 is 0 Å². The molecule has 2 atom stereocenters. The van der Waals surface area contributed by atoms with Crippen molar-refractivity contribution in [2.75, 3.05) is 20.1 Å². The van der Waals surface area contributed by atoms with Gasteiger partial charge in [-0.15, -0.1) is 0 Å². The highest BCUT2D eigenvalue weighted by Gasteiger charge is 2.38. The first-order chi connectivity index (χ1) is 12.1. The predicted molar refractivity (Wildman–Crippen MR) is 107 cm³/mol. The maximum Gasteiger partial charge on any atom is 0.120 e. The number of allylic oxidation sites excluding steroid dienone is 4. The Labute approximate surface area is 153 Å². The predicted octanol–water partition coefficient (Wildman–Crippen LogP) is 4.91. The van der Waals surface area contributed by atoms with Gasteiger partial charge < -0.3 is 9.69 Å². The van der Waals surface area contributed by atoms with Crippen molar-refractivity contribution in [1.82, 2.24) is 4.90 Å². The summed E-state index contributed by atoms with van der Waals surface area (Å²) in [6.45, 7) is 6.78. The summed E-state index contributed by atoms with van der Waals surface area (Å²) in [4.78, 5) is 13.5. The molecule has 1 aliphatic carbocycles. The van der Waals surface area contributed by atoms with Crippen molar-refractivity contribution < 1.29 is 4.79 Å². The molecule has 0 radical (unpaired) electrons. The van der Waals surface area contributed by atoms with E-state index in [9.17, 15) is 4.79 Å². The molecule has 0 bridgehead atoms. The van der Waals surface area contributed by atoms with Crippen LogP contribution < -0.4 is 0 Å². The molecule has 0 aliphatic heterocycles. The highest BCUT2D eigenvalue weighted by molar-refractivity contribution is 5.51. The van der Waals surface area contributed by atoms with Crippen molar-refractivity contribution in [3.63, 3.8) is 0 Å². The topological polar surface area (TPSA) is 20.3 Å². The number of likely N-dealkylation sites (N-methyl/N-ethyl adjacent to an activating group) is 1. The molecule has 0 saturated heterocycles. The van der Waals surface area contributed by atoms with E-state index in [-0.39, 0.29) is 5.41 Å². The van der Waals surface area contributed by atoms with Gasteiger partial charge in [0.25, 0.3) is 0 Å². The number of aldehydes is 1. The Kier molecular flexibility index (Phi) is 7.64. The second-order valence-electron chi connectivity index (χ2n) is 7.66. The number of carbonyl (C=O) groups is 1. The van der Waals surface area contributed by atoms with Crippen LogP contribution in [0.5, 0.6) is 0 Å². The van der Waals surface area contributed by atoms with E-state index in [1.54, 1.807) is 0 Å². The monoisotopic (exact) mass is 339 g/mol. The third kappa shape index (κ3) is 5.40. The Morgan fingerprint density at radius 1 is 1.16 bits per heavy atom. The van der Waals surface area contributed by atoms with Crippen LogP contribution in [0.4, 0.5) is 0 Å². The van der Waals surface area contributed by atoms with Gasteiger partial charge in [-0.1, -0.05) is 68.5 Å². The minimum absolute atomic E-state index is 0.121. The zero-order valence-electron chi connectivity index (χ0n) is 16.0. The second-order valence-corrected chi connectivity index (χ2v) is 7.66. The Bertz CT molecular complexity index is 575. The van der Waals surface area contributed by atoms with Crippen LogP contribution >= 0.6 is 0 Å². The lowest BCUT2D eigenvalue weighted by molar-refractivity contribution is -0.109. The SMILES string of the molecule is CC(C)C1(CCCN(C)CCc2ccccc2)C=CC=CC1CC=O. The first-order valence-electron chi connectivity index (χ1n) is 9.60. The molecular weight excluding hydrogens is 306 g/mol. The molecule has 0 aromatic heterocycles. The van der Waals surface area contributed by atoms with Gasteiger partial charge in [0.1, 0.15) is 6.29 Å². The molecule has 0 saturated carbocycles. The molecule has 0 amide bonds. The molecule has 0 fully saturated rings. The second kappa shape index (κ2) is 9.72. The largest absolute Gasteiger partial charge is 0.306 e. The van der Waals surface area contributed by atoms with Crippen molar-refractivity contribution in [2.24, 2.45) is 17.3 Å². The molecule has 136 valence electrons. The number of carbonyl (C=O) groups excluding carboxylic acids is 1. The fraction of sp³-hybridized carbons (Fsp3) is 0.522. The van der Waals surface area contributed by atoms with Crippen molar-refractivity contribution in [1.29, 1.82) is 0 Å². The third-order valence-corrected chi connectivity index (χ3v) is 5.75. The number of hydrogen-bond donors (Lipinski definition) is 0. The van der Waals surface area contributed by atoms with Gasteiger partial charge in [0, 0.05) is 13.0 Å². The molecule has 0 spiro atoms. The van der Waals surface area contributed by atoms with Crippen LogP contribution in [0.2, 0.25) is 0 Å². The maximum absolute atomic E-state index is 11.1. The highest BCUT2D eigenvalue weighted by Crippen LogP contribution is 2.45. The summed E-state index contributed by atoms with van der Waals surface area (Å²) in [5.41, 5.74) is 1.52. The summed E-state index contributed by atoms with van der Waals surface area (Å²) < 4.78 is 0. The molecular formula is C23H33NO. The number of nitrogens with zero attached hydrogens (tertiary/aromatic N) is 1. The molecule has 2 rings (SSSR count). The molecule has 0 heterocycles. The zero-order chi connectivity index (χ0) is 18.1. The Balaban J connectivity index is 1.85. The molecule has 2 unspecified atom stereocenters. The van der Waals surface area contributed by atoms with E-state index in [0.717, 1.165) is 38.6 Å². The zero-order valence-corrected chi connectivity index (χ0v) is 16.0. The van der Waals surface area contributed by atoms with Gasteiger partial charge in [-0.3, -0.25) is 0 Å². The van der Waals surface area contributed by atoms with Crippen LogP contribution in [0, 0.1) is 17.3 Å². The summed E-state index contributed by atoms with van der Waals surface area (Å²) in [5, 5.41) is 0. The van der Waals surface area contributed by atoms with E-state index in [1.165, 1.54) is 5.56 Å². The van der Waals surface area contributed by atoms with Crippen LogP contribution in [-0.2, 0) is 11.2 Å². The van der Waals surface area contributed by atoms with E-state index < -0.39 is 0 Å². The van der Waals surface area contributed by atoms with Crippen molar-refractivity contribution in [2.45, 2.75) is 39.5 Å². The highest BCUT2D eigenvalue weighted by atomic mass is 16.1. The van der Waals surface area contributed by atoms with Crippen LogP contribution in [0.25, 0.3) is 0 Å². The Hall–Kier alpha value is -1.67. The van der Waals surface area contributed by atoms with E-state index in [1.807, 2.05) is 0 Å². The van der Waals surface area contributed by atoms with E-state index in [0.29, 0.717) is 18.3 Å². The summed E-state index contributed by atoms with van der Waals surface area (Å²) in [6.07, 6.45) is 14.0. The lowest BCUT2D eigenvalue weighted by Crippen LogP contribution is -2.35. The van der Waals surface area contributed by atoms with E-state index in [2.05, 4.69) is 80.4 Å². The molecule has 1 aromatic carbocycles. The number of hydrogen-bond acceptors (Lipinski definition) is 2. The lowest BCUT2D eigenvalue weighted by atomic mass is 9.62. The van der Waals surface area contributed by atoms with Gasteiger partial charge in [-0.2, -0.15) is 0 Å². The minimum atomic E-state index is 0.121. The summed E-state index contributed by atoms with van der Waals surface area (Å²) in [7, 11) is 2.21. The fourth-order valence-corrected chi connectivity index (χ4v) is 4.05. The molecule has 0 N–H and O–H groups in total. The van der Waals surface area contributed by atoms with E-state index in [4.69, 9.17) is 0 Å².